The van der Waals surface area contributed by atoms with Gasteiger partial charge in [-0.2, -0.15) is 0 Å². The van der Waals surface area contributed by atoms with Crippen LogP contribution in [0.25, 0.3) is 0 Å². The Labute approximate surface area is 92.2 Å². The zero-order chi connectivity index (χ0) is 10.9. The second kappa shape index (κ2) is 4.12. The molecule has 2 heterocycles. The third-order valence-corrected chi connectivity index (χ3v) is 4.37. The molecule has 3 nitrogen and oxygen atoms in total. The molecule has 0 aromatic rings. The molecule has 0 bridgehead atoms. The van der Waals surface area contributed by atoms with Gasteiger partial charge in [0.1, 0.15) is 0 Å². The highest BCUT2D eigenvalue weighted by Crippen LogP contribution is 2.37. The van der Waals surface area contributed by atoms with Crippen LogP contribution in [0.15, 0.2) is 0 Å². The van der Waals surface area contributed by atoms with Crippen LogP contribution in [0.2, 0.25) is 0 Å². The van der Waals surface area contributed by atoms with Crippen molar-refractivity contribution in [2.45, 2.75) is 45.6 Å². The lowest BCUT2D eigenvalue weighted by Gasteiger charge is -2.32. The average molecular weight is 210 g/mol. The fraction of sp³-hybridized carbons (Fsp3) is 0.917. The molecule has 3 heteroatoms. The van der Waals surface area contributed by atoms with Gasteiger partial charge in [0, 0.05) is 13.1 Å². The van der Waals surface area contributed by atoms with Crippen molar-refractivity contribution in [1.29, 1.82) is 0 Å². The predicted octanol–water partition coefficient (Wildman–Crippen LogP) is 1.39. The van der Waals surface area contributed by atoms with E-state index in [9.17, 15) is 4.79 Å². The minimum atomic E-state index is 0.134. The van der Waals surface area contributed by atoms with Gasteiger partial charge in [0.05, 0.1) is 6.04 Å². The minimum absolute atomic E-state index is 0.134. The Morgan fingerprint density at radius 1 is 1.47 bits per heavy atom. The van der Waals surface area contributed by atoms with E-state index in [1.807, 2.05) is 0 Å². The first-order valence-electron chi connectivity index (χ1n) is 6.23. The zero-order valence-corrected chi connectivity index (χ0v) is 9.88. The number of rotatable bonds is 3. The Bertz CT molecular complexity index is 244. The summed E-state index contributed by atoms with van der Waals surface area (Å²) in [7, 11) is 0. The number of hydrogen-bond donors (Lipinski definition) is 1. The van der Waals surface area contributed by atoms with Crippen LogP contribution < -0.4 is 5.32 Å². The molecule has 1 N–H and O–H groups in total. The van der Waals surface area contributed by atoms with E-state index in [1.165, 1.54) is 19.3 Å². The Kier molecular flexibility index (Phi) is 3.01. The van der Waals surface area contributed by atoms with Crippen LogP contribution in [0.1, 0.15) is 39.5 Å². The topological polar surface area (TPSA) is 32.3 Å². The number of carbonyl (C=O) groups excluding carboxylic acids is 1. The molecule has 1 amide bonds. The van der Waals surface area contributed by atoms with Crippen molar-refractivity contribution < 1.29 is 4.79 Å². The molecule has 0 unspecified atom stereocenters. The maximum atomic E-state index is 12.0. The third kappa shape index (κ3) is 1.89. The molecule has 1 atom stereocenters. The lowest BCUT2D eigenvalue weighted by molar-refractivity contribution is -0.134. The molecule has 0 radical (unpaired) electrons. The summed E-state index contributed by atoms with van der Waals surface area (Å²) in [6.07, 6.45) is 4.62. The van der Waals surface area contributed by atoms with Crippen LogP contribution in [-0.4, -0.2) is 36.5 Å². The van der Waals surface area contributed by atoms with E-state index in [4.69, 9.17) is 0 Å². The molecule has 0 saturated carbocycles. The summed E-state index contributed by atoms with van der Waals surface area (Å²) in [6, 6.07) is 0.134. The van der Waals surface area contributed by atoms with Gasteiger partial charge in [0.2, 0.25) is 5.91 Å². The van der Waals surface area contributed by atoms with Gasteiger partial charge in [-0.25, -0.2) is 0 Å². The van der Waals surface area contributed by atoms with Crippen molar-refractivity contribution in [3.05, 3.63) is 0 Å². The van der Waals surface area contributed by atoms with Crippen LogP contribution in [0.4, 0.5) is 0 Å². The maximum Gasteiger partial charge on any atom is 0.239 e. The Hall–Kier alpha value is -0.570. The summed E-state index contributed by atoms with van der Waals surface area (Å²) in [4.78, 5) is 14.1. The van der Waals surface area contributed by atoms with E-state index in [0.717, 1.165) is 26.1 Å². The van der Waals surface area contributed by atoms with E-state index in [1.54, 1.807) is 0 Å². The first-order valence-corrected chi connectivity index (χ1v) is 6.23. The monoisotopic (exact) mass is 210 g/mol. The summed E-state index contributed by atoms with van der Waals surface area (Å²) in [5.74, 6) is 0.338. The highest BCUT2D eigenvalue weighted by molar-refractivity contribution is 5.83. The van der Waals surface area contributed by atoms with Crippen molar-refractivity contribution in [3.63, 3.8) is 0 Å². The quantitative estimate of drug-likeness (QED) is 0.763. The van der Waals surface area contributed by atoms with E-state index < -0.39 is 0 Å². The highest BCUT2D eigenvalue weighted by atomic mass is 16.2. The van der Waals surface area contributed by atoms with Gasteiger partial charge in [-0.1, -0.05) is 13.8 Å². The van der Waals surface area contributed by atoms with Gasteiger partial charge in [0.25, 0.3) is 0 Å². The first kappa shape index (κ1) is 10.9. The SMILES string of the molecule is CCC1(CC)CCN(C(=O)[C@H]2CCN2)C1. The summed E-state index contributed by atoms with van der Waals surface area (Å²) in [5.41, 5.74) is 0.416. The largest absolute Gasteiger partial charge is 0.341 e. The summed E-state index contributed by atoms with van der Waals surface area (Å²) in [5, 5.41) is 3.19. The molecular formula is C12H22N2O. The van der Waals surface area contributed by atoms with Crippen LogP contribution in [-0.2, 0) is 4.79 Å². The molecular weight excluding hydrogens is 188 g/mol. The maximum absolute atomic E-state index is 12.0. The van der Waals surface area contributed by atoms with Crippen molar-refractivity contribution in [2.75, 3.05) is 19.6 Å². The molecule has 2 fully saturated rings. The Morgan fingerprint density at radius 2 is 2.13 bits per heavy atom. The van der Waals surface area contributed by atoms with Crippen molar-refractivity contribution in [2.24, 2.45) is 5.41 Å². The molecule has 15 heavy (non-hydrogen) atoms. The predicted molar refractivity (Wildman–Crippen MR) is 60.6 cm³/mol. The number of nitrogens with one attached hydrogen (secondary N) is 1. The van der Waals surface area contributed by atoms with Crippen LogP contribution in [0.3, 0.4) is 0 Å². The number of likely N-dealkylation sites (tertiary alicyclic amines) is 1. The molecule has 2 saturated heterocycles. The number of carbonyl (C=O) groups is 1. The molecule has 0 aromatic heterocycles. The number of amides is 1. The Balaban J connectivity index is 1.93. The van der Waals surface area contributed by atoms with E-state index in [2.05, 4.69) is 24.1 Å². The first-order chi connectivity index (χ1) is 7.21. The molecule has 2 rings (SSSR count). The fourth-order valence-electron chi connectivity index (χ4n) is 2.67. The minimum Gasteiger partial charge on any atom is -0.341 e. The third-order valence-electron chi connectivity index (χ3n) is 4.37. The van der Waals surface area contributed by atoms with E-state index >= 15 is 0 Å². The van der Waals surface area contributed by atoms with E-state index in [-0.39, 0.29) is 6.04 Å². The average Bonchev–Trinajstić information content (AvgIpc) is 2.60. The van der Waals surface area contributed by atoms with Gasteiger partial charge in [-0.15, -0.1) is 0 Å². The standard InChI is InChI=1S/C12H22N2O/c1-3-12(4-2)6-8-14(9-12)11(15)10-5-7-13-10/h10,13H,3-9H2,1-2H3/t10-/m1/s1. The summed E-state index contributed by atoms with van der Waals surface area (Å²) in [6.45, 7) is 7.46. The van der Waals surface area contributed by atoms with Crippen molar-refractivity contribution in [1.82, 2.24) is 10.2 Å². The molecule has 0 aliphatic carbocycles. The van der Waals surface area contributed by atoms with Gasteiger partial charge < -0.3 is 10.2 Å². The van der Waals surface area contributed by atoms with Crippen LogP contribution in [0, 0.1) is 5.41 Å². The molecule has 0 spiro atoms. The van der Waals surface area contributed by atoms with Gasteiger partial charge in [0.15, 0.2) is 0 Å². The summed E-state index contributed by atoms with van der Waals surface area (Å²) < 4.78 is 0. The normalized spacial score (nSPS) is 28.9. The highest BCUT2D eigenvalue weighted by Gasteiger charge is 2.39. The number of hydrogen-bond acceptors (Lipinski definition) is 2. The molecule has 0 aromatic carbocycles. The lowest BCUT2D eigenvalue weighted by Crippen LogP contribution is -2.54. The van der Waals surface area contributed by atoms with Crippen LogP contribution in [0.5, 0.6) is 0 Å². The van der Waals surface area contributed by atoms with Crippen molar-refractivity contribution in [3.8, 4) is 0 Å². The van der Waals surface area contributed by atoms with Gasteiger partial charge in [-0.3, -0.25) is 4.79 Å². The second-order valence-electron chi connectivity index (χ2n) is 5.01. The Morgan fingerprint density at radius 3 is 2.53 bits per heavy atom. The second-order valence-corrected chi connectivity index (χ2v) is 5.01. The van der Waals surface area contributed by atoms with Crippen molar-refractivity contribution >= 4 is 5.91 Å². The summed E-state index contributed by atoms with van der Waals surface area (Å²) >= 11 is 0. The van der Waals surface area contributed by atoms with E-state index in [0.29, 0.717) is 11.3 Å². The fourth-order valence-corrected chi connectivity index (χ4v) is 2.67. The van der Waals surface area contributed by atoms with Gasteiger partial charge in [-0.05, 0) is 37.6 Å². The molecule has 2 aliphatic rings. The molecule has 2 aliphatic heterocycles. The van der Waals surface area contributed by atoms with Crippen LogP contribution >= 0.6 is 0 Å². The lowest BCUT2D eigenvalue weighted by atomic mass is 9.82. The zero-order valence-electron chi connectivity index (χ0n) is 9.88. The molecule has 86 valence electrons. The van der Waals surface area contributed by atoms with Gasteiger partial charge >= 0.3 is 0 Å². The number of nitrogens with zero attached hydrogens (tertiary/aromatic N) is 1. The smallest absolute Gasteiger partial charge is 0.239 e.